The summed E-state index contributed by atoms with van der Waals surface area (Å²) < 4.78 is 13.1. The molecule has 0 bridgehead atoms. The molecule has 0 aromatic rings. The molecule has 0 N–H and O–H groups in total. The highest BCUT2D eigenvalue weighted by Crippen LogP contribution is 2.66. The Balaban J connectivity index is 1.53. The Morgan fingerprint density at radius 1 is 0.862 bits per heavy atom. The Bertz CT molecular complexity index is 713. The van der Waals surface area contributed by atoms with Gasteiger partial charge >= 0.3 is 0 Å². The second-order valence-corrected chi connectivity index (χ2v) is 21.8. The second kappa shape index (κ2) is 7.01. The van der Waals surface area contributed by atoms with Crippen molar-refractivity contribution in [3.8, 4) is 0 Å². The molecule has 6 unspecified atom stereocenters. The highest BCUT2D eigenvalue weighted by molar-refractivity contribution is 6.70. The van der Waals surface area contributed by atoms with Crippen molar-refractivity contribution >= 4 is 16.6 Å². The molecule has 4 heteroatoms. The summed E-state index contributed by atoms with van der Waals surface area (Å²) in [7, 11) is -3.05. The summed E-state index contributed by atoms with van der Waals surface area (Å²) in [5.74, 6) is 6.05. The zero-order valence-corrected chi connectivity index (χ0v) is 22.2. The van der Waals surface area contributed by atoms with Gasteiger partial charge in [0.05, 0.1) is 11.5 Å². The van der Waals surface area contributed by atoms with E-state index in [2.05, 4.69) is 65.3 Å². The van der Waals surface area contributed by atoms with Crippen LogP contribution >= 0.6 is 0 Å². The first kappa shape index (κ1) is 21.7. The van der Waals surface area contributed by atoms with Gasteiger partial charge in [-0.15, -0.1) is 0 Å². The first-order chi connectivity index (χ1) is 13.3. The standard InChI is InChI=1S/C25H44O2Si2/c1-24-15-13-19(26-28(3,4)5)17-18(24)9-10-20-21-11-12-23(27-29(6,7)8)25(21,2)16-14-22(20)24/h12-13,18,20-22H,9-11,14-17H2,1-8H3. The Hall–Kier alpha value is -0.486. The Kier molecular flexibility index (Phi) is 5.26. The van der Waals surface area contributed by atoms with E-state index in [1.165, 1.54) is 56.5 Å². The Morgan fingerprint density at radius 2 is 1.55 bits per heavy atom. The number of fused-ring (bicyclic) bond motifs is 5. The molecule has 2 fully saturated rings. The lowest BCUT2D eigenvalue weighted by Crippen LogP contribution is -2.52. The molecule has 0 spiro atoms. The maximum Gasteiger partial charge on any atom is 0.241 e. The smallest absolute Gasteiger partial charge is 0.241 e. The number of hydrogen-bond donors (Lipinski definition) is 0. The van der Waals surface area contributed by atoms with E-state index in [9.17, 15) is 0 Å². The van der Waals surface area contributed by atoms with Crippen LogP contribution in [0.1, 0.15) is 58.8 Å². The van der Waals surface area contributed by atoms with Crippen LogP contribution in [0.5, 0.6) is 0 Å². The monoisotopic (exact) mass is 432 g/mol. The third-order valence-electron chi connectivity index (χ3n) is 8.65. The fourth-order valence-corrected chi connectivity index (χ4v) is 9.27. The van der Waals surface area contributed by atoms with Gasteiger partial charge in [-0.3, -0.25) is 0 Å². The number of allylic oxidation sites excluding steroid dienone is 4. The normalized spacial score (nSPS) is 42.2. The molecule has 6 atom stereocenters. The van der Waals surface area contributed by atoms with E-state index >= 15 is 0 Å². The van der Waals surface area contributed by atoms with E-state index < -0.39 is 16.6 Å². The maximum absolute atomic E-state index is 6.62. The zero-order valence-electron chi connectivity index (χ0n) is 20.2. The summed E-state index contributed by atoms with van der Waals surface area (Å²) in [6.45, 7) is 19.1. The van der Waals surface area contributed by atoms with Gasteiger partial charge in [-0.05, 0) is 119 Å². The molecular formula is C25H44O2Si2. The van der Waals surface area contributed by atoms with Crippen molar-refractivity contribution in [2.75, 3.05) is 0 Å². The summed E-state index contributed by atoms with van der Waals surface area (Å²) >= 11 is 0. The molecule has 0 saturated heterocycles. The molecule has 0 aromatic heterocycles. The van der Waals surface area contributed by atoms with Crippen LogP contribution in [-0.4, -0.2) is 16.6 Å². The molecule has 0 amide bonds. The third kappa shape index (κ3) is 3.93. The molecule has 0 aromatic carbocycles. The van der Waals surface area contributed by atoms with Gasteiger partial charge in [-0.25, -0.2) is 0 Å². The third-order valence-corrected chi connectivity index (χ3v) is 10.4. The van der Waals surface area contributed by atoms with Gasteiger partial charge in [0.15, 0.2) is 0 Å². The summed E-state index contributed by atoms with van der Waals surface area (Å²) in [4.78, 5) is 0. The minimum Gasteiger partial charge on any atom is -0.548 e. The van der Waals surface area contributed by atoms with Crippen molar-refractivity contribution in [3.05, 3.63) is 23.7 Å². The van der Waals surface area contributed by atoms with E-state index in [0.29, 0.717) is 10.8 Å². The van der Waals surface area contributed by atoms with E-state index in [0.717, 1.165) is 23.7 Å². The molecule has 29 heavy (non-hydrogen) atoms. The lowest BCUT2D eigenvalue weighted by atomic mass is 9.46. The zero-order chi connectivity index (χ0) is 21.2. The molecule has 4 rings (SSSR count). The average molecular weight is 433 g/mol. The van der Waals surface area contributed by atoms with Gasteiger partial charge in [0.1, 0.15) is 0 Å². The van der Waals surface area contributed by atoms with E-state index in [4.69, 9.17) is 8.85 Å². The molecule has 164 valence electrons. The predicted molar refractivity (Wildman–Crippen MR) is 128 cm³/mol. The fourth-order valence-electron chi connectivity index (χ4n) is 7.34. The highest BCUT2D eigenvalue weighted by Gasteiger charge is 2.59. The Morgan fingerprint density at radius 3 is 2.21 bits per heavy atom. The summed E-state index contributed by atoms with van der Waals surface area (Å²) in [6, 6.07) is 0. The molecule has 2 saturated carbocycles. The topological polar surface area (TPSA) is 18.5 Å². The van der Waals surface area contributed by atoms with Gasteiger partial charge in [-0.1, -0.05) is 13.8 Å². The molecule has 0 heterocycles. The summed E-state index contributed by atoms with van der Waals surface area (Å²) in [5.41, 5.74) is 0.764. The molecule has 0 radical (unpaired) electrons. The van der Waals surface area contributed by atoms with Crippen LogP contribution in [0.4, 0.5) is 0 Å². The van der Waals surface area contributed by atoms with Gasteiger partial charge < -0.3 is 8.85 Å². The maximum atomic E-state index is 6.62. The first-order valence-corrected chi connectivity index (χ1v) is 18.9. The lowest BCUT2D eigenvalue weighted by molar-refractivity contribution is -0.0914. The van der Waals surface area contributed by atoms with Crippen LogP contribution in [0, 0.1) is 34.5 Å². The van der Waals surface area contributed by atoms with Gasteiger partial charge in [0.2, 0.25) is 16.6 Å². The number of hydrogen-bond acceptors (Lipinski definition) is 2. The van der Waals surface area contributed by atoms with Crippen LogP contribution in [0.2, 0.25) is 39.3 Å². The van der Waals surface area contributed by atoms with Crippen LogP contribution < -0.4 is 0 Å². The summed E-state index contributed by atoms with van der Waals surface area (Å²) in [6.07, 6.45) is 14.1. The van der Waals surface area contributed by atoms with E-state index in [-0.39, 0.29) is 0 Å². The van der Waals surface area contributed by atoms with E-state index in [1.54, 1.807) is 0 Å². The quantitative estimate of drug-likeness (QED) is 0.423. The van der Waals surface area contributed by atoms with Crippen molar-refractivity contribution in [1.82, 2.24) is 0 Å². The van der Waals surface area contributed by atoms with Crippen molar-refractivity contribution in [3.63, 3.8) is 0 Å². The highest BCUT2D eigenvalue weighted by atomic mass is 28.4. The number of rotatable bonds is 4. The van der Waals surface area contributed by atoms with Crippen LogP contribution in [0.15, 0.2) is 23.7 Å². The second-order valence-electron chi connectivity index (χ2n) is 12.9. The van der Waals surface area contributed by atoms with Gasteiger partial charge in [-0.2, -0.15) is 0 Å². The SMILES string of the molecule is CC12CCC3C(CCC4CC(O[Si](C)(C)C)=CCC43C)C1CC=C2O[Si](C)(C)C. The summed E-state index contributed by atoms with van der Waals surface area (Å²) in [5, 5.41) is 0. The first-order valence-electron chi connectivity index (χ1n) is 12.1. The molecule has 0 aliphatic heterocycles. The van der Waals surface area contributed by atoms with Crippen molar-refractivity contribution in [1.29, 1.82) is 0 Å². The van der Waals surface area contributed by atoms with Crippen LogP contribution in [0.25, 0.3) is 0 Å². The van der Waals surface area contributed by atoms with Crippen molar-refractivity contribution < 1.29 is 8.85 Å². The molecule has 2 nitrogen and oxygen atoms in total. The predicted octanol–water partition coefficient (Wildman–Crippen LogP) is 7.72. The average Bonchev–Trinajstić information content (AvgIpc) is 2.89. The van der Waals surface area contributed by atoms with Crippen molar-refractivity contribution in [2.24, 2.45) is 34.5 Å². The molecule has 4 aliphatic carbocycles. The lowest BCUT2D eigenvalue weighted by Gasteiger charge is -2.59. The van der Waals surface area contributed by atoms with Crippen LogP contribution in [-0.2, 0) is 8.85 Å². The van der Waals surface area contributed by atoms with Gasteiger partial charge in [0, 0.05) is 11.8 Å². The largest absolute Gasteiger partial charge is 0.548 e. The molecular weight excluding hydrogens is 388 g/mol. The minimum atomic E-state index is -1.55. The van der Waals surface area contributed by atoms with Gasteiger partial charge in [0.25, 0.3) is 0 Å². The minimum absolute atomic E-state index is 0.293. The molecule has 4 aliphatic rings. The van der Waals surface area contributed by atoms with Crippen molar-refractivity contribution in [2.45, 2.75) is 98.1 Å². The Labute approximate surface area is 181 Å². The van der Waals surface area contributed by atoms with Crippen LogP contribution in [0.3, 0.4) is 0 Å². The van der Waals surface area contributed by atoms with E-state index in [1.807, 2.05) is 0 Å². The fraction of sp³-hybridized carbons (Fsp3) is 0.840.